The van der Waals surface area contributed by atoms with E-state index >= 15 is 0 Å². The van der Waals surface area contributed by atoms with Crippen molar-refractivity contribution < 1.29 is 4.74 Å². The summed E-state index contributed by atoms with van der Waals surface area (Å²) < 4.78 is 5.48. The van der Waals surface area contributed by atoms with Crippen molar-refractivity contribution in [3.8, 4) is 0 Å². The number of nitrogens with one attached hydrogen (secondary N) is 2. The van der Waals surface area contributed by atoms with Gasteiger partial charge in [-0.05, 0) is 17.9 Å². The van der Waals surface area contributed by atoms with Crippen LogP contribution in [0, 0.1) is 5.41 Å². The number of ether oxygens (including phenoxy) is 1. The third kappa shape index (κ3) is 2.02. The second-order valence-corrected chi connectivity index (χ2v) is 6.55. The SMILES string of the molecule is COC1CC(Nc2nc(NN)nc3sccc23)C1(C)C. The quantitative estimate of drug-likeness (QED) is 0.592. The molecule has 2 aromatic rings. The van der Waals surface area contributed by atoms with Crippen LogP contribution in [0.25, 0.3) is 10.2 Å². The fraction of sp³-hybridized carbons (Fsp3) is 0.538. The first-order chi connectivity index (χ1) is 9.56. The molecular formula is C13H19N5OS. The molecule has 6 nitrogen and oxygen atoms in total. The number of fused-ring (bicyclic) bond motifs is 1. The molecule has 1 saturated carbocycles. The van der Waals surface area contributed by atoms with Crippen LogP contribution in [0.4, 0.5) is 11.8 Å². The van der Waals surface area contributed by atoms with Gasteiger partial charge in [0.15, 0.2) is 0 Å². The predicted octanol–water partition coefficient (Wildman–Crippen LogP) is 2.20. The molecule has 1 aliphatic carbocycles. The Morgan fingerprint density at radius 2 is 2.25 bits per heavy atom. The molecule has 0 spiro atoms. The van der Waals surface area contributed by atoms with Crippen LogP contribution in [0.15, 0.2) is 11.4 Å². The van der Waals surface area contributed by atoms with E-state index in [4.69, 9.17) is 10.6 Å². The third-order valence-corrected chi connectivity index (χ3v) is 5.03. The molecule has 0 bridgehead atoms. The lowest BCUT2D eigenvalue weighted by Gasteiger charge is -2.51. The third-order valence-electron chi connectivity index (χ3n) is 4.23. The second kappa shape index (κ2) is 4.83. The molecule has 20 heavy (non-hydrogen) atoms. The standard InChI is InChI=1S/C13H19N5OS/c1-13(2)8(6-9(13)19-3)15-10-7-4-5-20-11(7)17-12(16-10)18-14/h4-5,8-9H,6,14H2,1-3H3,(H2,15,16,17,18). The van der Waals surface area contributed by atoms with Gasteiger partial charge < -0.3 is 10.1 Å². The van der Waals surface area contributed by atoms with Crippen molar-refractivity contribution in [3.05, 3.63) is 11.4 Å². The fourth-order valence-corrected chi connectivity index (χ4v) is 3.49. The highest BCUT2D eigenvalue weighted by molar-refractivity contribution is 7.16. The number of hydrogen-bond acceptors (Lipinski definition) is 7. The van der Waals surface area contributed by atoms with Crippen molar-refractivity contribution in [1.82, 2.24) is 9.97 Å². The summed E-state index contributed by atoms with van der Waals surface area (Å²) >= 11 is 1.58. The number of hydrazine groups is 1. The maximum Gasteiger partial charge on any atom is 0.240 e. The molecular weight excluding hydrogens is 274 g/mol. The van der Waals surface area contributed by atoms with Crippen LogP contribution < -0.4 is 16.6 Å². The number of nitrogen functional groups attached to an aromatic ring is 1. The van der Waals surface area contributed by atoms with Gasteiger partial charge in [-0.3, -0.25) is 5.43 Å². The van der Waals surface area contributed by atoms with Crippen molar-refractivity contribution in [2.45, 2.75) is 32.4 Å². The lowest BCUT2D eigenvalue weighted by molar-refractivity contribution is -0.0795. The van der Waals surface area contributed by atoms with Crippen LogP contribution in [-0.2, 0) is 4.74 Å². The van der Waals surface area contributed by atoms with Gasteiger partial charge in [-0.2, -0.15) is 4.98 Å². The normalized spacial score (nSPS) is 24.4. The minimum atomic E-state index is 0.0817. The van der Waals surface area contributed by atoms with E-state index in [-0.39, 0.29) is 11.5 Å². The molecule has 7 heteroatoms. The highest BCUT2D eigenvalue weighted by Crippen LogP contribution is 2.44. The van der Waals surface area contributed by atoms with Gasteiger partial charge in [-0.1, -0.05) is 13.8 Å². The largest absolute Gasteiger partial charge is 0.381 e. The number of rotatable bonds is 4. The van der Waals surface area contributed by atoms with Crippen LogP contribution in [0.2, 0.25) is 0 Å². The lowest BCUT2D eigenvalue weighted by atomic mass is 9.64. The van der Waals surface area contributed by atoms with Gasteiger partial charge in [0.05, 0.1) is 11.5 Å². The van der Waals surface area contributed by atoms with Crippen LogP contribution in [0.3, 0.4) is 0 Å². The van der Waals surface area contributed by atoms with Crippen molar-refractivity contribution in [1.29, 1.82) is 0 Å². The molecule has 2 heterocycles. The van der Waals surface area contributed by atoms with E-state index in [0.29, 0.717) is 12.0 Å². The number of thiophene rings is 1. The van der Waals surface area contributed by atoms with Gasteiger partial charge in [-0.25, -0.2) is 10.8 Å². The maximum atomic E-state index is 5.48. The molecule has 3 rings (SSSR count). The van der Waals surface area contributed by atoms with Gasteiger partial charge in [0.25, 0.3) is 0 Å². The molecule has 2 aromatic heterocycles. The van der Waals surface area contributed by atoms with Gasteiger partial charge in [0, 0.05) is 18.6 Å². The molecule has 108 valence electrons. The zero-order chi connectivity index (χ0) is 14.3. The summed E-state index contributed by atoms with van der Waals surface area (Å²) in [6, 6.07) is 2.36. The number of aromatic nitrogens is 2. The Labute approximate surface area is 121 Å². The first-order valence-electron chi connectivity index (χ1n) is 6.57. The van der Waals surface area contributed by atoms with Gasteiger partial charge in [0.1, 0.15) is 10.6 Å². The number of anilines is 2. The summed E-state index contributed by atoms with van der Waals surface area (Å²) in [5, 5.41) is 6.56. The van der Waals surface area contributed by atoms with Crippen molar-refractivity contribution in [2.75, 3.05) is 17.9 Å². The topological polar surface area (TPSA) is 85.1 Å². The minimum absolute atomic E-state index is 0.0817. The summed E-state index contributed by atoms with van der Waals surface area (Å²) in [6.07, 6.45) is 1.26. The van der Waals surface area contributed by atoms with Gasteiger partial charge in [-0.15, -0.1) is 11.3 Å². The van der Waals surface area contributed by atoms with Gasteiger partial charge in [0.2, 0.25) is 5.95 Å². The molecule has 0 aromatic carbocycles. The number of nitrogens with two attached hydrogens (primary N) is 1. The highest BCUT2D eigenvalue weighted by atomic mass is 32.1. The first kappa shape index (κ1) is 13.5. The highest BCUT2D eigenvalue weighted by Gasteiger charge is 2.48. The Morgan fingerprint density at radius 3 is 2.90 bits per heavy atom. The Bertz CT molecular complexity index is 626. The van der Waals surface area contributed by atoms with Crippen LogP contribution in [-0.4, -0.2) is 29.2 Å². The van der Waals surface area contributed by atoms with E-state index in [1.165, 1.54) is 0 Å². The van der Waals surface area contributed by atoms with E-state index in [9.17, 15) is 0 Å². The molecule has 4 N–H and O–H groups in total. The zero-order valence-corrected chi connectivity index (χ0v) is 12.6. The monoisotopic (exact) mass is 293 g/mol. The van der Waals surface area contributed by atoms with Crippen LogP contribution in [0.1, 0.15) is 20.3 Å². The number of nitrogens with zero attached hydrogens (tertiary/aromatic N) is 2. The molecule has 2 unspecified atom stereocenters. The summed E-state index contributed by atoms with van der Waals surface area (Å²) in [7, 11) is 1.76. The van der Waals surface area contributed by atoms with E-state index in [1.807, 2.05) is 11.4 Å². The second-order valence-electron chi connectivity index (χ2n) is 5.66. The van der Waals surface area contributed by atoms with E-state index in [1.54, 1.807) is 18.4 Å². The fourth-order valence-electron chi connectivity index (χ4n) is 2.73. The Balaban J connectivity index is 1.90. The van der Waals surface area contributed by atoms with Crippen LogP contribution in [0.5, 0.6) is 0 Å². The first-order valence-corrected chi connectivity index (χ1v) is 7.45. The lowest BCUT2D eigenvalue weighted by Crippen LogP contribution is -2.57. The van der Waals surface area contributed by atoms with Crippen molar-refractivity contribution >= 4 is 33.3 Å². The average molecular weight is 293 g/mol. The van der Waals surface area contributed by atoms with E-state index in [0.717, 1.165) is 22.5 Å². The molecule has 0 radical (unpaired) electrons. The Hall–Kier alpha value is -1.44. The summed E-state index contributed by atoms with van der Waals surface area (Å²) in [5.41, 5.74) is 2.60. The summed E-state index contributed by atoms with van der Waals surface area (Å²) in [4.78, 5) is 9.70. The zero-order valence-electron chi connectivity index (χ0n) is 11.8. The predicted molar refractivity (Wildman–Crippen MR) is 81.8 cm³/mol. The summed E-state index contributed by atoms with van der Waals surface area (Å²) in [6.45, 7) is 4.41. The minimum Gasteiger partial charge on any atom is -0.381 e. The van der Waals surface area contributed by atoms with Crippen LogP contribution >= 0.6 is 11.3 Å². The average Bonchev–Trinajstić information content (AvgIpc) is 2.90. The molecule has 1 fully saturated rings. The van der Waals surface area contributed by atoms with Crippen molar-refractivity contribution in [2.24, 2.45) is 11.3 Å². The Kier molecular flexibility index (Phi) is 3.27. The maximum absolute atomic E-state index is 5.48. The molecule has 0 amide bonds. The van der Waals surface area contributed by atoms with Crippen molar-refractivity contribution in [3.63, 3.8) is 0 Å². The van der Waals surface area contributed by atoms with E-state index < -0.39 is 0 Å². The van der Waals surface area contributed by atoms with Gasteiger partial charge >= 0.3 is 0 Å². The molecule has 2 atom stereocenters. The summed E-state index contributed by atoms with van der Waals surface area (Å²) in [5.74, 6) is 6.70. The molecule has 0 aliphatic heterocycles. The molecule has 1 aliphatic rings. The van der Waals surface area contributed by atoms with E-state index in [2.05, 4.69) is 34.6 Å². The Morgan fingerprint density at radius 1 is 1.45 bits per heavy atom. The molecule has 0 saturated heterocycles. The smallest absolute Gasteiger partial charge is 0.240 e. The number of methoxy groups -OCH3 is 1. The number of hydrogen-bond donors (Lipinski definition) is 3.